The minimum absolute atomic E-state index is 0.114. The molecular weight excluding hydrogens is 387 g/mol. The van der Waals surface area contributed by atoms with Crippen LogP contribution in [-0.2, 0) is 18.0 Å². The number of hydrogen-bond donors (Lipinski definition) is 2. The van der Waals surface area contributed by atoms with Gasteiger partial charge in [-0.05, 0) is 12.1 Å². The highest BCUT2D eigenvalue weighted by Crippen LogP contribution is 2.33. The van der Waals surface area contributed by atoms with Crippen LogP contribution in [0.2, 0.25) is 0 Å². The molecule has 0 spiro atoms. The Balaban J connectivity index is 1.52. The predicted molar refractivity (Wildman–Crippen MR) is 103 cm³/mol. The lowest BCUT2D eigenvalue weighted by Crippen LogP contribution is -2.49. The summed E-state index contributed by atoms with van der Waals surface area (Å²) in [6.07, 6.45) is 0.460. The van der Waals surface area contributed by atoms with Crippen LogP contribution in [0.4, 0.5) is 19.0 Å². The first kappa shape index (κ1) is 20.9. The molecule has 1 aliphatic heterocycles. The summed E-state index contributed by atoms with van der Waals surface area (Å²) in [5.74, 6) is 0.487. The van der Waals surface area contributed by atoms with E-state index in [0.29, 0.717) is 32.2 Å². The second-order valence-electron chi connectivity index (χ2n) is 6.55. The van der Waals surface area contributed by atoms with Crippen LogP contribution in [0.3, 0.4) is 0 Å². The van der Waals surface area contributed by atoms with Gasteiger partial charge in [0, 0.05) is 51.7 Å². The fourth-order valence-electron chi connectivity index (χ4n) is 3.11. The monoisotopic (exact) mass is 411 g/mol. The fourth-order valence-corrected chi connectivity index (χ4v) is 3.11. The Morgan fingerprint density at radius 1 is 1.38 bits per heavy atom. The molecule has 29 heavy (non-hydrogen) atoms. The molecule has 0 aromatic carbocycles. The number of alkyl halides is 3. The van der Waals surface area contributed by atoms with Crippen molar-refractivity contribution in [1.29, 1.82) is 0 Å². The lowest BCUT2D eigenvalue weighted by molar-refractivity contribution is -0.137. The fraction of sp³-hybridized carbons (Fsp3) is 0.500. The predicted octanol–water partition coefficient (Wildman–Crippen LogP) is 1.89. The number of aromatic nitrogens is 3. The molecule has 1 fully saturated rings. The number of rotatable bonds is 5. The van der Waals surface area contributed by atoms with Gasteiger partial charge in [0.2, 0.25) is 0 Å². The minimum atomic E-state index is -4.45. The number of aryl methyl sites for hydroxylation is 1. The van der Waals surface area contributed by atoms with Crippen molar-refractivity contribution in [3.8, 4) is 0 Å². The highest BCUT2D eigenvalue weighted by atomic mass is 19.4. The summed E-state index contributed by atoms with van der Waals surface area (Å²) in [5, 5.41) is 10.1. The van der Waals surface area contributed by atoms with Crippen LogP contribution in [0.1, 0.15) is 17.2 Å². The number of pyridine rings is 1. The van der Waals surface area contributed by atoms with E-state index in [1.807, 2.05) is 13.2 Å². The van der Waals surface area contributed by atoms with Gasteiger partial charge in [0.15, 0.2) is 5.96 Å². The first-order valence-electron chi connectivity index (χ1n) is 9.20. The van der Waals surface area contributed by atoms with Crippen molar-refractivity contribution >= 4 is 11.8 Å². The summed E-state index contributed by atoms with van der Waals surface area (Å²) in [4.78, 5) is 10.1. The normalized spacial score (nSPS) is 18.0. The van der Waals surface area contributed by atoms with Gasteiger partial charge in [-0.15, -0.1) is 0 Å². The zero-order chi connectivity index (χ0) is 20.9. The number of hydrogen-bond acceptors (Lipinski definition) is 5. The van der Waals surface area contributed by atoms with Crippen LogP contribution in [0.15, 0.2) is 35.7 Å². The first-order valence-corrected chi connectivity index (χ1v) is 9.20. The SMILES string of the molecule is CN=C(NCCNc1ncccc1C(F)(F)F)N1CCOC(c2cnn(C)c2)C1. The van der Waals surface area contributed by atoms with E-state index in [-0.39, 0.29) is 18.5 Å². The van der Waals surface area contributed by atoms with Crippen molar-refractivity contribution in [2.75, 3.05) is 45.2 Å². The van der Waals surface area contributed by atoms with Gasteiger partial charge in [-0.25, -0.2) is 4.98 Å². The molecule has 0 bridgehead atoms. The van der Waals surface area contributed by atoms with Crippen LogP contribution in [-0.4, -0.2) is 65.5 Å². The van der Waals surface area contributed by atoms with Crippen molar-refractivity contribution in [3.05, 3.63) is 41.9 Å². The zero-order valence-corrected chi connectivity index (χ0v) is 16.3. The van der Waals surface area contributed by atoms with Crippen molar-refractivity contribution in [2.45, 2.75) is 12.3 Å². The number of anilines is 1. The number of morpholine rings is 1. The van der Waals surface area contributed by atoms with Crippen LogP contribution >= 0.6 is 0 Å². The third kappa shape index (κ3) is 5.37. The average molecular weight is 411 g/mol. The Bertz CT molecular complexity index is 837. The third-order valence-corrected chi connectivity index (χ3v) is 4.49. The van der Waals surface area contributed by atoms with Crippen LogP contribution < -0.4 is 10.6 Å². The number of ether oxygens (including phenoxy) is 1. The van der Waals surface area contributed by atoms with Gasteiger partial charge in [0.25, 0.3) is 0 Å². The Morgan fingerprint density at radius 2 is 2.21 bits per heavy atom. The second-order valence-corrected chi connectivity index (χ2v) is 6.55. The van der Waals surface area contributed by atoms with E-state index in [1.165, 1.54) is 12.3 Å². The molecule has 1 saturated heterocycles. The standard InChI is InChI=1S/C18H24F3N7O/c1-22-17(28-8-9-29-15(12-28)13-10-26-27(2)11-13)25-7-6-24-16-14(18(19,20)21)4-3-5-23-16/h3-5,10-11,15H,6-9,12H2,1-2H3,(H,22,25)(H,23,24). The molecule has 1 unspecified atom stereocenters. The molecule has 1 atom stereocenters. The van der Waals surface area contributed by atoms with E-state index in [9.17, 15) is 13.2 Å². The van der Waals surface area contributed by atoms with Crippen LogP contribution in [0, 0.1) is 0 Å². The molecule has 2 N–H and O–H groups in total. The lowest BCUT2D eigenvalue weighted by Gasteiger charge is -2.34. The Kier molecular flexibility index (Phi) is 6.57. The molecule has 3 heterocycles. The largest absolute Gasteiger partial charge is 0.419 e. The van der Waals surface area contributed by atoms with Gasteiger partial charge in [-0.1, -0.05) is 0 Å². The molecule has 0 amide bonds. The quantitative estimate of drug-likeness (QED) is 0.445. The maximum atomic E-state index is 13.0. The first-order chi connectivity index (χ1) is 13.9. The maximum Gasteiger partial charge on any atom is 0.419 e. The molecule has 0 radical (unpaired) electrons. The summed E-state index contributed by atoms with van der Waals surface area (Å²) in [7, 11) is 3.52. The maximum absolute atomic E-state index is 13.0. The summed E-state index contributed by atoms with van der Waals surface area (Å²) in [6, 6.07) is 2.28. The number of nitrogens with one attached hydrogen (secondary N) is 2. The summed E-state index contributed by atoms with van der Waals surface area (Å²) in [6.45, 7) is 2.46. The number of halogens is 3. The van der Waals surface area contributed by atoms with Gasteiger partial charge < -0.3 is 20.3 Å². The van der Waals surface area contributed by atoms with E-state index >= 15 is 0 Å². The Hall–Kier alpha value is -2.82. The molecule has 11 heteroatoms. The van der Waals surface area contributed by atoms with Gasteiger partial charge in [-0.3, -0.25) is 9.67 Å². The van der Waals surface area contributed by atoms with Gasteiger partial charge in [0.1, 0.15) is 11.9 Å². The van der Waals surface area contributed by atoms with Crippen molar-refractivity contribution in [3.63, 3.8) is 0 Å². The van der Waals surface area contributed by atoms with Crippen molar-refractivity contribution < 1.29 is 17.9 Å². The Morgan fingerprint density at radius 3 is 2.90 bits per heavy atom. The van der Waals surface area contributed by atoms with Crippen molar-refractivity contribution in [2.24, 2.45) is 12.0 Å². The van der Waals surface area contributed by atoms with E-state index < -0.39 is 11.7 Å². The molecule has 2 aromatic heterocycles. The molecule has 3 rings (SSSR count). The third-order valence-electron chi connectivity index (χ3n) is 4.49. The van der Waals surface area contributed by atoms with Gasteiger partial charge in [0.05, 0.1) is 24.9 Å². The van der Waals surface area contributed by atoms with Gasteiger partial charge in [-0.2, -0.15) is 18.3 Å². The molecule has 158 valence electrons. The highest BCUT2D eigenvalue weighted by molar-refractivity contribution is 5.80. The van der Waals surface area contributed by atoms with E-state index in [4.69, 9.17) is 4.74 Å². The van der Waals surface area contributed by atoms with Crippen LogP contribution in [0.5, 0.6) is 0 Å². The topological polar surface area (TPSA) is 79.6 Å². The van der Waals surface area contributed by atoms with Crippen molar-refractivity contribution in [1.82, 2.24) is 25.0 Å². The molecule has 0 aliphatic carbocycles. The molecule has 1 aliphatic rings. The molecule has 8 nitrogen and oxygen atoms in total. The average Bonchev–Trinajstić information content (AvgIpc) is 3.14. The second kappa shape index (κ2) is 9.12. The number of guanidine groups is 1. The zero-order valence-electron chi connectivity index (χ0n) is 16.3. The summed E-state index contributed by atoms with van der Waals surface area (Å²) < 4.78 is 46.6. The minimum Gasteiger partial charge on any atom is -0.370 e. The molecular formula is C18H24F3N7O. The molecule has 0 saturated carbocycles. The highest BCUT2D eigenvalue weighted by Gasteiger charge is 2.34. The summed E-state index contributed by atoms with van der Waals surface area (Å²) in [5.41, 5.74) is 0.209. The molecule has 2 aromatic rings. The van der Waals surface area contributed by atoms with E-state index in [0.717, 1.165) is 11.6 Å². The summed E-state index contributed by atoms with van der Waals surface area (Å²) >= 11 is 0. The Labute approximate surface area is 166 Å². The van der Waals surface area contributed by atoms with Crippen LogP contribution in [0.25, 0.3) is 0 Å². The number of aliphatic imine (C=N–C) groups is 1. The smallest absolute Gasteiger partial charge is 0.370 e. The lowest BCUT2D eigenvalue weighted by atomic mass is 10.1. The van der Waals surface area contributed by atoms with Gasteiger partial charge >= 0.3 is 6.18 Å². The number of nitrogens with zero attached hydrogens (tertiary/aromatic N) is 5. The van der Waals surface area contributed by atoms with E-state index in [2.05, 4.69) is 30.6 Å². The van der Waals surface area contributed by atoms with E-state index in [1.54, 1.807) is 17.9 Å².